The topological polar surface area (TPSA) is 52.1 Å². The minimum absolute atomic E-state index is 0.268. The van der Waals surface area contributed by atoms with E-state index in [1.165, 1.54) is 0 Å². The number of ether oxygens (including phenoxy) is 1. The van der Waals surface area contributed by atoms with Crippen molar-refractivity contribution in [3.05, 3.63) is 66.5 Å². The van der Waals surface area contributed by atoms with Crippen LogP contribution in [0.5, 0.6) is 5.75 Å². The largest absolute Gasteiger partial charge is 0.422 e. The molecule has 0 aliphatic carbocycles. The summed E-state index contributed by atoms with van der Waals surface area (Å²) in [6.07, 6.45) is 1.69. The SMILES string of the molecule is O=C(Oc1ccccc1)c1ccc2ncccc2n1. The number of aromatic nitrogens is 2. The van der Waals surface area contributed by atoms with Crippen LogP contribution in [-0.4, -0.2) is 15.9 Å². The van der Waals surface area contributed by atoms with Crippen LogP contribution in [0, 0.1) is 0 Å². The Labute approximate surface area is 109 Å². The van der Waals surface area contributed by atoms with E-state index in [-0.39, 0.29) is 5.69 Å². The van der Waals surface area contributed by atoms with Crippen molar-refractivity contribution in [1.29, 1.82) is 0 Å². The fraction of sp³-hybridized carbons (Fsp3) is 0. The highest BCUT2D eigenvalue weighted by Crippen LogP contribution is 2.13. The van der Waals surface area contributed by atoms with Crippen molar-refractivity contribution in [2.75, 3.05) is 0 Å². The molecular weight excluding hydrogens is 240 g/mol. The van der Waals surface area contributed by atoms with Gasteiger partial charge in [0.2, 0.25) is 0 Å². The molecule has 1 aromatic carbocycles. The van der Waals surface area contributed by atoms with E-state index in [1.54, 1.807) is 48.7 Å². The van der Waals surface area contributed by atoms with Gasteiger partial charge in [-0.25, -0.2) is 9.78 Å². The second-order valence-electron chi connectivity index (χ2n) is 3.94. The van der Waals surface area contributed by atoms with Gasteiger partial charge in [-0.3, -0.25) is 4.98 Å². The van der Waals surface area contributed by atoms with Crippen LogP contribution >= 0.6 is 0 Å². The molecule has 0 atom stereocenters. The van der Waals surface area contributed by atoms with Crippen LogP contribution in [0.25, 0.3) is 11.0 Å². The smallest absolute Gasteiger partial charge is 0.362 e. The van der Waals surface area contributed by atoms with Crippen LogP contribution in [0.3, 0.4) is 0 Å². The van der Waals surface area contributed by atoms with Gasteiger partial charge in [-0.05, 0) is 36.4 Å². The Morgan fingerprint density at radius 2 is 1.74 bits per heavy atom. The monoisotopic (exact) mass is 250 g/mol. The predicted octanol–water partition coefficient (Wildman–Crippen LogP) is 2.85. The normalized spacial score (nSPS) is 10.3. The first-order valence-corrected chi connectivity index (χ1v) is 5.82. The van der Waals surface area contributed by atoms with Gasteiger partial charge < -0.3 is 4.74 Å². The first-order valence-electron chi connectivity index (χ1n) is 5.82. The quantitative estimate of drug-likeness (QED) is 0.518. The first-order chi connectivity index (χ1) is 9.33. The Morgan fingerprint density at radius 1 is 0.895 bits per heavy atom. The highest BCUT2D eigenvalue weighted by atomic mass is 16.5. The van der Waals surface area contributed by atoms with Crippen LogP contribution < -0.4 is 4.74 Å². The Morgan fingerprint density at radius 3 is 2.58 bits per heavy atom. The van der Waals surface area contributed by atoms with E-state index in [4.69, 9.17) is 4.74 Å². The van der Waals surface area contributed by atoms with Gasteiger partial charge in [0.05, 0.1) is 11.0 Å². The maximum atomic E-state index is 12.0. The van der Waals surface area contributed by atoms with Gasteiger partial charge in [0.25, 0.3) is 0 Å². The zero-order valence-corrected chi connectivity index (χ0v) is 9.98. The van der Waals surface area contributed by atoms with Crippen molar-refractivity contribution in [2.45, 2.75) is 0 Å². The highest BCUT2D eigenvalue weighted by Gasteiger charge is 2.10. The van der Waals surface area contributed by atoms with E-state index < -0.39 is 5.97 Å². The lowest BCUT2D eigenvalue weighted by Gasteiger charge is -2.04. The van der Waals surface area contributed by atoms with E-state index in [1.807, 2.05) is 12.1 Å². The number of esters is 1. The van der Waals surface area contributed by atoms with E-state index >= 15 is 0 Å². The second-order valence-corrected chi connectivity index (χ2v) is 3.94. The first kappa shape index (κ1) is 11.3. The summed E-state index contributed by atoms with van der Waals surface area (Å²) in [5.41, 5.74) is 1.69. The number of para-hydroxylation sites is 1. The molecule has 0 radical (unpaired) electrons. The molecule has 0 amide bonds. The molecule has 4 nitrogen and oxygen atoms in total. The Hall–Kier alpha value is -2.75. The van der Waals surface area contributed by atoms with Crippen molar-refractivity contribution < 1.29 is 9.53 Å². The second kappa shape index (κ2) is 4.86. The third-order valence-corrected chi connectivity index (χ3v) is 2.62. The number of carbonyl (C=O) groups excluding carboxylic acids is 1. The molecule has 0 saturated heterocycles. The zero-order chi connectivity index (χ0) is 13.1. The van der Waals surface area contributed by atoms with Gasteiger partial charge in [-0.15, -0.1) is 0 Å². The van der Waals surface area contributed by atoms with Crippen molar-refractivity contribution >= 4 is 17.0 Å². The van der Waals surface area contributed by atoms with Crippen molar-refractivity contribution in [1.82, 2.24) is 9.97 Å². The molecule has 0 saturated carbocycles. The molecule has 0 N–H and O–H groups in total. The summed E-state index contributed by atoms with van der Waals surface area (Å²) in [5.74, 6) is 0.0255. The van der Waals surface area contributed by atoms with Crippen LogP contribution in [0.4, 0.5) is 0 Å². The number of benzene rings is 1. The lowest BCUT2D eigenvalue weighted by atomic mass is 10.3. The van der Waals surface area contributed by atoms with Crippen molar-refractivity contribution in [2.24, 2.45) is 0 Å². The molecule has 4 heteroatoms. The molecule has 0 aliphatic heterocycles. The zero-order valence-electron chi connectivity index (χ0n) is 9.98. The predicted molar refractivity (Wildman–Crippen MR) is 70.9 cm³/mol. The molecule has 19 heavy (non-hydrogen) atoms. The van der Waals surface area contributed by atoms with E-state index in [9.17, 15) is 4.79 Å². The summed E-state index contributed by atoms with van der Waals surface area (Å²) in [7, 11) is 0. The molecule has 0 aliphatic rings. The lowest BCUT2D eigenvalue weighted by Crippen LogP contribution is -2.10. The summed E-state index contributed by atoms with van der Waals surface area (Å²) < 4.78 is 5.23. The minimum Gasteiger partial charge on any atom is -0.422 e. The standard InChI is InChI=1S/C15H10N2O2/c18-15(19-11-5-2-1-3-6-11)14-9-8-12-13(17-14)7-4-10-16-12/h1-10H. The number of rotatable bonds is 2. The fourth-order valence-corrected chi connectivity index (χ4v) is 1.72. The fourth-order valence-electron chi connectivity index (χ4n) is 1.72. The third kappa shape index (κ3) is 2.42. The summed E-state index contributed by atoms with van der Waals surface area (Å²) in [4.78, 5) is 20.3. The molecule has 0 spiro atoms. The Bertz CT molecular complexity index is 726. The molecular formula is C15H10N2O2. The van der Waals surface area contributed by atoms with Crippen molar-refractivity contribution in [3.8, 4) is 5.75 Å². The average Bonchev–Trinajstić information content (AvgIpc) is 2.48. The van der Waals surface area contributed by atoms with Gasteiger partial charge in [0, 0.05) is 6.20 Å². The highest BCUT2D eigenvalue weighted by molar-refractivity contribution is 5.91. The van der Waals surface area contributed by atoms with Crippen LogP contribution in [0.1, 0.15) is 10.5 Å². The van der Waals surface area contributed by atoms with Crippen LogP contribution in [0.15, 0.2) is 60.8 Å². The number of carbonyl (C=O) groups is 1. The summed E-state index contributed by atoms with van der Waals surface area (Å²) in [6, 6.07) is 15.9. The molecule has 2 aromatic heterocycles. The van der Waals surface area contributed by atoms with Gasteiger partial charge in [0.15, 0.2) is 0 Å². The summed E-state index contributed by atoms with van der Waals surface area (Å²) in [6.45, 7) is 0. The van der Waals surface area contributed by atoms with Gasteiger partial charge in [-0.1, -0.05) is 18.2 Å². The van der Waals surface area contributed by atoms with E-state index in [0.29, 0.717) is 11.3 Å². The van der Waals surface area contributed by atoms with Gasteiger partial charge in [-0.2, -0.15) is 0 Å². The summed E-state index contributed by atoms with van der Waals surface area (Å²) in [5, 5.41) is 0. The molecule has 3 rings (SSSR count). The molecule has 0 bridgehead atoms. The van der Waals surface area contributed by atoms with Crippen molar-refractivity contribution in [3.63, 3.8) is 0 Å². The minimum atomic E-state index is -0.475. The Balaban J connectivity index is 1.89. The van der Waals surface area contributed by atoms with E-state index in [0.717, 1.165) is 5.52 Å². The number of nitrogens with zero attached hydrogens (tertiary/aromatic N) is 2. The van der Waals surface area contributed by atoms with Crippen LogP contribution in [0.2, 0.25) is 0 Å². The van der Waals surface area contributed by atoms with Crippen LogP contribution in [-0.2, 0) is 0 Å². The molecule has 3 aromatic rings. The molecule has 92 valence electrons. The average molecular weight is 250 g/mol. The molecule has 2 heterocycles. The Kier molecular flexibility index (Phi) is 2.90. The number of hydrogen-bond acceptors (Lipinski definition) is 4. The van der Waals surface area contributed by atoms with Gasteiger partial charge in [0.1, 0.15) is 11.4 Å². The maximum Gasteiger partial charge on any atom is 0.362 e. The lowest BCUT2D eigenvalue weighted by molar-refractivity contribution is 0.0729. The van der Waals surface area contributed by atoms with Gasteiger partial charge >= 0.3 is 5.97 Å². The molecule has 0 fully saturated rings. The maximum absolute atomic E-state index is 12.0. The number of hydrogen-bond donors (Lipinski definition) is 0. The van der Waals surface area contributed by atoms with E-state index in [2.05, 4.69) is 9.97 Å². The summed E-state index contributed by atoms with van der Waals surface area (Å²) >= 11 is 0. The number of fused-ring (bicyclic) bond motifs is 1. The number of pyridine rings is 2. The third-order valence-electron chi connectivity index (χ3n) is 2.62. The molecule has 0 unspecified atom stereocenters.